The predicted molar refractivity (Wildman–Crippen MR) is 79.5 cm³/mol. The van der Waals surface area contributed by atoms with E-state index in [0.29, 0.717) is 12.6 Å². The molecule has 1 aromatic carbocycles. The highest BCUT2D eigenvalue weighted by atomic mass is 16.5. The van der Waals surface area contributed by atoms with Gasteiger partial charge < -0.3 is 10.1 Å². The molecule has 0 aromatic heterocycles. The third-order valence-corrected chi connectivity index (χ3v) is 3.08. The first-order valence-corrected chi connectivity index (χ1v) is 7.26. The monoisotopic (exact) mass is 249 g/mol. The van der Waals surface area contributed by atoms with Crippen molar-refractivity contribution in [2.45, 2.75) is 58.9 Å². The number of anilines is 1. The van der Waals surface area contributed by atoms with Crippen LogP contribution in [-0.2, 0) is 0 Å². The second-order valence-corrected chi connectivity index (χ2v) is 4.82. The van der Waals surface area contributed by atoms with Crippen LogP contribution in [-0.4, -0.2) is 12.6 Å². The highest BCUT2D eigenvalue weighted by Crippen LogP contribution is 2.25. The molecule has 1 atom stereocenters. The quantitative estimate of drug-likeness (QED) is 0.631. The molecule has 0 saturated heterocycles. The first kappa shape index (κ1) is 14.9. The van der Waals surface area contributed by atoms with E-state index in [1.54, 1.807) is 0 Å². The van der Waals surface area contributed by atoms with Crippen LogP contribution in [0.5, 0.6) is 5.75 Å². The summed E-state index contributed by atoms with van der Waals surface area (Å²) in [6.45, 7) is 7.23. The van der Waals surface area contributed by atoms with Crippen molar-refractivity contribution in [3.8, 4) is 5.75 Å². The zero-order chi connectivity index (χ0) is 13.2. The first-order valence-electron chi connectivity index (χ1n) is 7.26. The van der Waals surface area contributed by atoms with Gasteiger partial charge in [-0.05, 0) is 32.4 Å². The van der Waals surface area contributed by atoms with Crippen LogP contribution in [0.4, 0.5) is 5.69 Å². The fourth-order valence-corrected chi connectivity index (χ4v) is 2.08. The van der Waals surface area contributed by atoms with E-state index in [2.05, 4.69) is 31.3 Å². The molecule has 2 nitrogen and oxygen atoms in total. The molecule has 0 radical (unpaired) electrons. The van der Waals surface area contributed by atoms with E-state index in [0.717, 1.165) is 11.4 Å². The van der Waals surface area contributed by atoms with Crippen molar-refractivity contribution in [1.82, 2.24) is 0 Å². The number of para-hydroxylation sites is 2. The van der Waals surface area contributed by atoms with Gasteiger partial charge in [-0.25, -0.2) is 0 Å². The van der Waals surface area contributed by atoms with Crippen LogP contribution in [0.2, 0.25) is 0 Å². The number of unbranched alkanes of at least 4 members (excludes halogenated alkanes) is 3. The molecule has 0 aliphatic rings. The fourth-order valence-electron chi connectivity index (χ4n) is 2.08. The summed E-state index contributed by atoms with van der Waals surface area (Å²) in [4.78, 5) is 0. The number of hydrogen-bond acceptors (Lipinski definition) is 2. The van der Waals surface area contributed by atoms with Gasteiger partial charge in [-0.3, -0.25) is 0 Å². The molecule has 0 amide bonds. The molecule has 0 bridgehead atoms. The Hall–Kier alpha value is -1.18. The zero-order valence-corrected chi connectivity index (χ0v) is 12.0. The molecule has 102 valence electrons. The zero-order valence-electron chi connectivity index (χ0n) is 12.0. The van der Waals surface area contributed by atoms with Crippen molar-refractivity contribution in [2.24, 2.45) is 0 Å². The summed E-state index contributed by atoms with van der Waals surface area (Å²) in [7, 11) is 0. The van der Waals surface area contributed by atoms with E-state index in [9.17, 15) is 0 Å². The summed E-state index contributed by atoms with van der Waals surface area (Å²) < 4.78 is 5.62. The third-order valence-electron chi connectivity index (χ3n) is 3.08. The van der Waals surface area contributed by atoms with E-state index >= 15 is 0 Å². The van der Waals surface area contributed by atoms with Crippen LogP contribution in [0.25, 0.3) is 0 Å². The molecule has 1 rings (SSSR count). The molecule has 0 aliphatic heterocycles. The lowest BCUT2D eigenvalue weighted by Crippen LogP contribution is -2.15. The summed E-state index contributed by atoms with van der Waals surface area (Å²) in [5, 5.41) is 3.55. The standard InChI is InChI=1S/C16H27NO/c1-4-6-7-8-11-14(3)17-15-12-9-10-13-16(15)18-5-2/h9-10,12-14,17H,4-8,11H2,1-3H3. The average Bonchev–Trinajstić information content (AvgIpc) is 2.37. The van der Waals surface area contributed by atoms with Crippen molar-refractivity contribution < 1.29 is 4.74 Å². The van der Waals surface area contributed by atoms with E-state index in [1.165, 1.54) is 32.1 Å². The van der Waals surface area contributed by atoms with E-state index in [4.69, 9.17) is 4.74 Å². The highest BCUT2D eigenvalue weighted by Gasteiger charge is 2.06. The molecule has 1 N–H and O–H groups in total. The minimum Gasteiger partial charge on any atom is -0.492 e. The normalized spacial score (nSPS) is 12.2. The molecular formula is C16H27NO. The highest BCUT2D eigenvalue weighted by molar-refractivity contribution is 5.56. The lowest BCUT2D eigenvalue weighted by atomic mass is 10.1. The Morgan fingerprint density at radius 1 is 1.11 bits per heavy atom. The topological polar surface area (TPSA) is 21.3 Å². The van der Waals surface area contributed by atoms with Crippen LogP contribution >= 0.6 is 0 Å². The predicted octanol–water partition coefficient (Wildman–Crippen LogP) is 4.86. The van der Waals surface area contributed by atoms with Gasteiger partial charge in [0.2, 0.25) is 0 Å². The summed E-state index contributed by atoms with van der Waals surface area (Å²) in [5.74, 6) is 0.959. The number of benzene rings is 1. The maximum Gasteiger partial charge on any atom is 0.142 e. The molecule has 0 saturated carbocycles. The summed E-state index contributed by atoms with van der Waals surface area (Å²) in [6.07, 6.45) is 6.52. The third kappa shape index (κ3) is 5.44. The second-order valence-electron chi connectivity index (χ2n) is 4.82. The molecular weight excluding hydrogens is 222 g/mol. The molecule has 18 heavy (non-hydrogen) atoms. The van der Waals surface area contributed by atoms with Crippen LogP contribution < -0.4 is 10.1 Å². The SMILES string of the molecule is CCCCCCC(C)Nc1ccccc1OCC. The van der Waals surface area contributed by atoms with E-state index in [-0.39, 0.29) is 0 Å². The lowest BCUT2D eigenvalue weighted by Gasteiger charge is -2.18. The Labute approximate surface area is 112 Å². The summed E-state index contributed by atoms with van der Waals surface area (Å²) >= 11 is 0. The Morgan fingerprint density at radius 2 is 1.89 bits per heavy atom. The summed E-state index contributed by atoms with van der Waals surface area (Å²) in [5.41, 5.74) is 1.11. The van der Waals surface area contributed by atoms with Crippen molar-refractivity contribution in [2.75, 3.05) is 11.9 Å². The van der Waals surface area contributed by atoms with Gasteiger partial charge in [-0.15, -0.1) is 0 Å². The van der Waals surface area contributed by atoms with Crippen molar-refractivity contribution in [3.05, 3.63) is 24.3 Å². The van der Waals surface area contributed by atoms with E-state index < -0.39 is 0 Å². The average molecular weight is 249 g/mol. The van der Waals surface area contributed by atoms with Crippen LogP contribution in [0.3, 0.4) is 0 Å². The van der Waals surface area contributed by atoms with Crippen molar-refractivity contribution >= 4 is 5.69 Å². The van der Waals surface area contributed by atoms with Gasteiger partial charge >= 0.3 is 0 Å². The molecule has 1 unspecified atom stereocenters. The number of ether oxygens (including phenoxy) is 1. The van der Waals surface area contributed by atoms with E-state index in [1.807, 2.05) is 19.1 Å². The smallest absolute Gasteiger partial charge is 0.142 e. The molecule has 1 aromatic rings. The molecule has 0 fully saturated rings. The van der Waals surface area contributed by atoms with Crippen LogP contribution in [0.15, 0.2) is 24.3 Å². The fraction of sp³-hybridized carbons (Fsp3) is 0.625. The minimum atomic E-state index is 0.503. The molecule has 0 heterocycles. The number of nitrogens with one attached hydrogen (secondary N) is 1. The Kier molecular flexibility index (Phi) is 7.31. The minimum absolute atomic E-state index is 0.503. The Balaban J connectivity index is 2.40. The van der Waals surface area contributed by atoms with Gasteiger partial charge in [0.05, 0.1) is 12.3 Å². The number of rotatable bonds is 9. The number of hydrogen-bond donors (Lipinski definition) is 1. The van der Waals surface area contributed by atoms with Gasteiger partial charge in [-0.2, -0.15) is 0 Å². The van der Waals surface area contributed by atoms with Gasteiger partial charge in [0.1, 0.15) is 5.75 Å². The van der Waals surface area contributed by atoms with Crippen molar-refractivity contribution in [3.63, 3.8) is 0 Å². The van der Waals surface area contributed by atoms with Gasteiger partial charge in [-0.1, -0.05) is 44.7 Å². The maximum atomic E-state index is 5.62. The Morgan fingerprint density at radius 3 is 2.61 bits per heavy atom. The largest absolute Gasteiger partial charge is 0.492 e. The first-order chi connectivity index (χ1) is 8.77. The van der Waals surface area contributed by atoms with Gasteiger partial charge in [0, 0.05) is 6.04 Å². The van der Waals surface area contributed by atoms with Crippen molar-refractivity contribution in [1.29, 1.82) is 0 Å². The second kappa shape index (κ2) is 8.84. The molecule has 0 spiro atoms. The molecule has 2 heteroatoms. The van der Waals surface area contributed by atoms with Crippen LogP contribution in [0.1, 0.15) is 52.9 Å². The Bertz CT molecular complexity index is 325. The summed E-state index contributed by atoms with van der Waals surface area (Å²) in [6, 6.07) is 8.68. The lowest BCUT2D eigenvalue weighted by molar-refractivity contribution is 0.341. The van der Waals surface area contributed by atoms with Gasteiger partial charge in [0.15, 0.2) is 0 Å². The van der Waals surface area contributed by atoms with Crippen LogP contribution in [0, 0.1) is 0 Å². The van der Waals surface area contributed by atoms with Gasteiger partial charge in [0.25, 0.3) is 0 Å². The maximum absolute atomic E-state index is 5.62. The molecule has 0 aliphatic carbocycles.